The summed E-state index contributed by atoms with van der Waals surface area (Å²) in [6.07, 6.45) is 0. The van der Waals surface area contributed by atoms with Gasteiger partial charge in [0.15, 0.2) is 5.82 Å². The Bertz CT molecular complexity index is 1020. The number of alkyl halides is 1. The number of rotatable bonds is 3. The summed E-state index contributed by atoms with van der Waals surface area (Å²) in [5, 5.41) is 19.3. The van der Waals surface area contributed by atoms with Crippen molar-refractivity contribution in [2.45, 2.75) is 5.38 Å². The summed E-state index contributed by atoms with van der Waals surface area (Å²) in [4.78, 5) is 18.9. The number of nitrogens with one attached hydrogen (secondary N) is 1. The summed E-state index contributed by atoms with van der Waals surface area (Å²) in [5.74, 6) is -0.371. The summed E-state index contributed by atoms with van der Waals surface area (Å²) in [6.45, 7) is 0. The molecule has 0 fully saturated rings. The molecule has 0 spiro atoms. The van der Waals surface area contributed by atoms with Crippen LogP contribution >= 0.6 is 11.6 Å². The van der Waals surface area contributed by atoms with Gasteiger partial charge in [-0.1, -0.05) is 42.5 Å². The minimum Gasteiger partial charge on any atom is -0.509 e. The second-order valence-corrected chi connectivity index (χ2v) is 5.51. The third kappa shape index (κ3) is 2.87. The highest BCUT2D eigenvalue weighted by atomic mass is 35.5. The van der Waals surface area contributed by atoms with E-state index in [0.717, 1.165) is 0 Å². The average molecular weight is 338 g/mol. The van der Waals surface area contributed by atoms with Crippen LogP contribution in [0.4, 0.5) is 0 Å². The lowest BCUT2D eigenvalue weighted by Crippen LogP contribution is -2.12. The lowest BCUT2D eigenvalue weighted by atomic mass is 10.1. The van der Waals surface area contributed by atoms with Crippen molar-refractivity contribution in [2.75, 3.05) is 0 Å². The smallest absolute Gasteiger partial charge is 0.259 e. The molecule has 0 amide bonds. The van der Waals surface area contributed by atoms with Crippen molar-refractivity contribution in [2.24, 2.45) is 0 Å². The van der Waals surface area contributed by atoms with Gasteiger partial charge in [0.1, 0.15) is 22.8 Å². The van der Waals surface area contributed by atoms with Crippen molar-refractivity contribution in [3.63, 3.8) is 0 Å². The molecule has 24 heavy (non-hydrogen) atoms. The molecule has 0 aliphatic carbocycles. The molecule has 0 radical (unpaired) electrons. The van der Waals surface area contributed by atoms with Gasteiger partial charge in [-0.3, -0.25) is 4.79 Å². The van der Waals surface area contributed by atoms with Crippen LogP contribution in [0.25, 0.3) is 16.5 Å². The van der Waals surface area contributed by atoms with Crippen molar-refractivity contribution in [1.82, 2.24) is 9.97 Å². The lowest BCUT2D eigenvalue weighted by Gasteiger charge is -2.11. The third-order valence-electron chi connectivity index (χ3n) is 3.55. The molecule has 0 aliphatic rings. The monoisotopic (exact) mass is 337 g/mol. The van der Waals surface area contributed by atoms with Gasteiger partial charge in [-0.2, -0.15) is 5.26 Å². The molecule has 1 atom stereocenters. The van der Waals surface area contributed by atoms with E-state index >= 15 is 0 Å². The van der Waals surface area contributed by atoms with Gasteiger partial charge in [-0.25, -0.2) is 4.98 Å². The van der Waals surface area contributed by atoms with E-state index < -0.39 is 5.38 Å². The number of para-hydroxylation sites is 1. The molecule has 118 valence electrons. The second-order valence-electron chi connectivity index (χ2n) is 5.08. The van der Waals surface area contributed by atoms with Gasteiger partial charge in [-0.15, -0.1) is 11.6 Å². The van der Waals surface area contributed by atoms with Crippen LogP contribution in [0.5, 0.6) is 0 Å². The Kier molecular flexibility index (Phi) is 4.32. The first-order valence-corrected chi connectivity index (χ1v) is 7.57. The van der Waals surface area contributed by atoms with Crippen molar-refractivity contribution in [3.8, 4) is 6.07 Å². The molecule has 0 saturated heterocycles. The number of allylic oxidation sites excluding steroid dienone is 2. The van der Waals surface area contributed by atoms with Crippen molar-refractivity contribution in [3.05, 3.63) is 82.1 Å². The quantitative estimate of drug-likeness (QED) is 0.433. The fraction of sp³-hybridized carbons (Fsp3) is 0.0556. The molecule has 1 heterocycles. The second kappa shape index (κ2) is 6.57. The molecule has 2 aromatic carbocycles. The Balaban J connectivity index is 2.15. The number of halogens is 1. The molecule has 0 aliphatic heterocycles. The first-order chi connectivity index (χ1) is 11.6. The van der Waals surface area contributed by atoms with Gasteiger partial charge in [0, 0.05) is 0 Å². The molecule has 0 saturated carbocycles. The normalized spacial score (nSPS) is 13.2. The number of hydrogen-bond donors (Lipinski definition) is 2. The van der Waals surface area contributed by atoms with Gasteiger partial charge in [0.05, 0.1) is 10.9 Å². The van der Waals surface area contributed by atoms with Gasteiger partial charge >= 0.3 is 0 Å². The first-order valence-electron chi connectivity index (χ1n) is 7.13. The number of hydrogen-bond acceptors (Lipinski definition) is 4. The van der Waals surface area contributed by atoms with E-state index in [9.17, 15) is 15.2 Å². The fourth-order valence-electron chi connectivity index (χ4n) is 2.34. The Morgan fingerprint density at radius 3 is 2.54 bits per heavy atom. The van der Waals surface area contributed by atoms with E-state index in [-0.39, 0.29) is 22.7 Å². The number of aliphatic hydroxyl groups excluding tert-OH is 1. The number of aromatic nitrogens is 2. The number of fused-ring (bicyclic) bond motifs is 1. The highest BCUT2D eigenvalue weighted by Crippen LogP contribution is 2.31. The molecule has 3 aromatic rings. The van der Waals surface area contributed by atoms with Crippen LogP contribution in [-0.2, 0) is 0 Å². The van der Waals surface area contributed by atoms with E-state index in [1.54, 1.807) is 48.5 Å². The van der Waals surface area contributed by atoms with E-state index in [0.29, 0.717) is 16.5 Å². The summed E-state index contributed by atoms with van der Waals surface area (Å²) < 4.78 is 0. The SMILES string of the molecule is N#CC(=C(O)[C@H](Cl)c1ccccc1)c1nc2ccccc2c(=O)[nH]1. The minimum atomic E-state index is -0.919. The standard InChI is InChI=1S/C18H12ClN3O2/c19-15(11-6-2-1-3-7-11)16(23)13(10-20)17-21-14-9-5-4-8-12(14)18(24)22-17/h1-9,15,23H,(H,21,22,24)/t15-/m1/s1. The highest BCUT2D eigenvalue weighted by molar-refractivity contribution is 6.23. The fourth-order valence-corrected chi connectivity index (χ4v) is 2.60. The van der Waals surface area contributed by atoms with Crippen LogP contribution < -0.4 is 5.56 Å². The van der Waals surface area contributed by atoms with E-state index in [4.69, 9.17) is 11.6 Å². The molecule has 0 unspecified atom stereocenters. The molecule has 3 rings (SSSR count). The number of nitriles is 1. The van der Waals surface area contributed by atoms with Crippen molar-refractivity contribution in [1.29, 1.82) is 5.26 Å². The summed E-state index contributed by atoms with van der Waals surface area (Å²) in [7, 11) is 0. The number of nitrogens with zero attached hydrogens (tertiary/aromatic N) is 2. The lowest BCUT2D eigenvalue weighted by molar-refractivity contribution is 0.397. The molecule has 2 N–H and O–H groups in total. The highest BCUT2D eigenvalue weighted by Gasteiger charge is 2.20. The maximum Gasteiger partial charge on any atom is 0.259 e. The molecular formula is C18H12ClN3O2. The maximum absolute atomic E-state index is 12.1. The number of aromatic amines is 1. The largest absolute Gasteiger partial charge is 0.509 e. The zero-order valence-corrected chi connectivity index (χ0v) is 13.2. The van der Waals surface area contributed by atoms with Crippen molar-refractivity contribution < 1.29 is 5.11 Å². The van der Waals surface area contributed by atoms with Gasteiger partial charge < -0.3 is 10.1 Å². The Morgan fingerprint density at radius 2 is 1.83 bits per heavy atom. The number of H-pyrrole nitrogens is 1. The Hall–Kier alpha value is -3.10. The molecule has 6 heteroatoms. The first kappa shape index (κ1) is 15.8. The van der Waals surface area contributed by atoms with E-state index in [2.05, 4.69) is 9.97 Å². The topological polar surface area (TPSA) is 89.8 Å². The molecule has 1 aromatic heterocycles. The van der Waals surface area contributed by atoms with Crippen molar-refractivity contribution >= 4 is 28.1 Å². The minimum absolute atomic E-state index is 0.0136. The van der Waals surface area contributed by atoms with Crippen LogP contribution in [0.2, 0.25) is 0 Å². The van der Waals surface area contributed by atoms with Gasteiger partial charge in [0.2, 0.25) is 0 Å². The summed E-state index contributed by atoms with van der Waals surface area (Å²) in [6, 6.07) is 17.5. The van der Waals surface area contributed by atoms with Crippen LogP contribution in [0, 0.1) is 11.3 Å². The van der Waals surface area contributed by atoms with Crippen LogP contribution in [0.15, 0.2) is 65.2 Å². The van der Waals surface area contributed by atoms with Crippen LogP contribution in [-0.4, -0.2) is 15.1 Å². The van der Waals surface area contributed by atoms with Gasteiger partial charge in [-0.05, 0) is 17.7 Å². The molecule has 0 bridgehead atoms. The summed E-state index contributed by atoms with van der Waals surface area (Å²) >= 11 is 6.26. The van der Waals surface area contributed by atoms with Crippen LogP contribution in [0.3, 0.4) is 0 Å². The zero-order chi connectivity index (χ0) is 17.1. The maximum atomic E-state index is 12.1. The Labute approximate surface area is 142 Å². The van der Waals surface area contributed by atoms with Gasteiger partial charge in [0.25, 0.3) is 5.56 Å². The van der Waals surface area contributed by atoms with E-state index in [1.807, 2.05) is 12.1 Å². The number of benzene rings is 2. The third-order valence-corrected chi connectivity index (χ3v) is 4.01. The van der Waals surface area contributed by atoms with Crippen LogP contribution in [0.1, 0.15) is 16.8 Å². The Morgan fingerprint density at radius 1 is 1.17 bits per heavy atom. The average Bonchev–Trinajstić information content (AvgIpc) is 2.62. The predicted octanol–water partition coefficient (Wildman–Crippen LogP) is 3.70. The summed E-state index contributed by atoms with van der Waals surface area (Å²) in [5.41, 5.74) is 0.513. The molecule has 5 nitrogen and oxygen atoms in total. The molecular weight excluding hydrogens is 326 g/mol. The zero-order valence-electron chi connectivity index (χ0n) is 12.4. The van der Waals surface area contributed by atoms with E-state index in [1.165, 1.54) is 0 Å². The predicted molar refractivity (Wildman–Crippen MR) is 92.6 cm³/mol. The number of aliphatic hydroxyl groups is 1.